The molecule has 0 saturated carbocycles. The molecule has 1 heterocycles. The van der Waals surface area contributed by atoms with Gasteiger partial charge in [0.2, 0.25) is 82.7 Å². The monoisotopic (exact) mass is 1640 g/mol. The third-order valence-corrected chi connectivity index (χ3v) is 19.1. The van der Waals surface area contributed by atoms with E-state index < -0.39 is 162 Å². The lowest BCUT2D eigenvalue weighted by Gasteiger charge is -2.32. The first-order valence-electron chi connectivity index (χ1n) is 40.0. The number of carbonyl (C=O) groups excluding carboxylic acids is 14. The number of hydrogen-bond acceptors (Lipinski definition) is 20. The number of likely N-dealkylation sites (tertiary alicyclic amines) is 1. The van der Waals surface area contributed by atoms with Gasteiger partial charge in [0.25, 0.3) is 0 Å². The second-order valence-electron chi connectivity index (χ2n) is 30.0. The number of phenols is 1. The minimum Gasteiger partial charge on any atom is -0.508 e. The Hall–Kier alpha value is -11.4. The van der Waals surface area contributed by atoms with Gasteiger partial charge in [-0.15, -0.1) is 0 Å². The Labute approximate surface area is 683 Å². The summed E-state index contributed by atoms with van der Waals surface area (Å²) in [5.74, 6) is -12.4. The predicted octanol–water partition coefficient (Wildman–Crippen LogP) is -4.69. The normalized spacial score (nSPS) is 15.2. The van der Waals surface area contributed by atoms with E-state index in [-0.39, 0.29) is 164 Å². The van der Waals surface area contributed by atoms with Crippen LogP contribution in [0.4, 0.5) is 0 Å². The number of primary amides is 1. The van der Waals surface area contributed by atoms with Crippen molar-refractivity contribution >= 4 is 101 Å². The molecule has 14 amide bonds. The molecule has 0 aromatic heterocycles. The zero-order chi connectivity index (χ0) is 87.3. The maximum Gasteiger partial charge on any atom is 0.245 e. The van der Waals surface area contributed by atoms with E-state index in [2.05, 4.69) is 78.8 Å². The van der Waals surface area contributed by atoms with E-state index in [4.69, 9.17) is 51.6 Å². The van der Waals surface area contributed by atoms with Crippen LogP contribution in [-0.4, -0.2) is 229 Å². The molecular weight excluding hydrogens is 1520 g/mol. The fraction of sp³-hybridized carbons (Fsp3) is 0.623. The molecule has 1 saturated heterocycles. The predicted molar refractivity (Wildman–Crippen MR) is 441 cm³/mol. The average Bonchev–Trinajstić information content (AvgIpc) is 1.73. The van der Waals surface area contributed by atoms with Crippen molar-refractivity contribution < 1.29 is 72.2 Å². The summed E-state index contributed by atoms with van der Waals surface area (Å²) < 4.78 is 0. The molecule has 652 valence electrons. The molecule has 0 spiro atoms. The maximum absolute atomic E-state index is 15.1. The molecule has 0 unspecified atom stereocenters. The highest BCUT2D eigenvalue weighted by molar-refractivity contribution is 6.00. The molecule has 117 heavy (non-hydrogen) atoms. The summed E-state index contributed by atoms with van der Waals surface area (Å²) in [4.78, 5) is 209. The van der Waals surface area contributed by atoms with Crippen molar-refractivity contribution in [1.82, 2.24) is 68.7 Å². The Morgan fingerprint density at radius 2 is 0.915 bits per heavy atom. The summed E-state index contributed by atoms with van der Waals surface area (Å²) >= 11 is 0. The molecule has 3 rings (SSSR count). The van der Waals surface area contributed by atoms with E-state index in [0.29, 0.717) is 49.8 Å². The third kappa shape index (κ3) is 39.6. The lowest BCUT2D eigenvalue weighted by atomic mass is 9.96. The largest absolute Gasteiger partial charge is 0.508 e. The van der Waals surface area contributed by atoms with Crippen LogP contribution in [0.2, 0.25) is 0 Å². The molecule has 2 aromatic rings. The standard InChI is InChI=1S/C77H129N25O15/c1-8-46(6)63(73(116)98-56(26-18-36-90-77(85)86)74(117)102-37-19-27-60(102)72(115)97-53(23-13-15-33-87-47(7)103)67(110)99-57(38-44(2)3)69(112)94-52(64(80)107)22-12-14-32-78)101-68(111)55(25-17-35-89-76(83)84)95-66(109)54(24-16-34-88-75(81)82)96-70(113)58(39-45(4)5)100-71(114)59(41-48-20-10-9-11-21-48)93-62(106)43-91-61(105)42-92-65(108)51(79)40-49-28-30-50(104)31-29-49/h9-11,20-21,28-31,44-46,51-60,63,104H,8,12-19,22-27,32-43,78-79H2,1-7H3,(H2,80,107)(H,87,103)(H,91,105)(H,92,108)(H,93,106)(H,94,112)(H,95,109)(H,96,113)(H,97,115)(H,98,116)(H,99,110)(H,100,114)(H,101,111)(H4,81,82,88)(H4,83,84,89)(H4,85,86,90)/t46-,51-,52-,53-,54-,55-,56-,57-,58-,59-,60-,63-/m0/s1. The number of carbonyl (C=O) groups is 14. The zero-order valence-electron chi connectivity index (χ0n) is 68.5. The molecular formula is C77H129N25O15. The van der Waals surface area contributed by atoms with Crippen LogP contribution >= 0.6 is 0 Å². The van der Waals surface area contributed by atoms with Gasteiger partial charge in [-0.3, -0.25) is 82.1 Å². The van der Waals surface area contributed by atoms with Gasteiger partial charge in [-0.1, -0.05) is 90.4 Å². The van der Waals surface area contributed by atoms with E-state index in [1.807, 2.05) is 13.8 Å². The first kappa shape index (κ1) is 99.7. The Balaban J connectivity index is 1.99. The van der Waals surface area contributed by atoms with Crippen molar-refractivity contribution in [3.8, 4) is 5.75 Å². The molecule has 0 radical (unpaired) electrons. The SMILES string of the molecule is CC[C@H](C)[C@H](NC(=O)[C@H](CCCN=C(N)N)NC(=O)[C@H](CCCN=C(N)N)NC(=O)[C@H](CC(C)C)NC(=O)[C@H](Cc1ccccc1)NC(=O)CNC(=O)CNC(=O)[C@@H](N)Cc1ccc(O)cc1)C(=O)N[C@@H](CCCN=C(N)N)C(=O)N1CCC[C@H]1C(=O)N[C@@H](CCCCNC(C)=O)C(=O)N[C@@H](CC(C)C)C(=O)N[C@@H](CCCCN)C(N)=O. The molecule has 1 fully saturated rings. The van der Waals surface area contributed by atoms with Crippen LogP contribution in [-0.2, 0) is 80.0 Å². The fourth-order valence-electron chi connectivity index (χ4n) is 12.7. The van der Waals surface area contributed by atoms with Crippen molar-refractivity contribution in [3.05, 3.63) is 65.7 Å². The number of aromatic hydroxyl groups is 1. The quantitative estimate of drug-likeness (QED) is 0.0168. The van der Waals surface area contributed by atoms with Crippen molar-refractivity contribution in [2.75, 3.05) is 52.4 Å². The zero-order valence-corrected chi connectivity index (χ0v) is 68.5. The lowest BCUT2D eigenvalue weighted by Crippen LogP contribution is -2.61. The number of rotatable bonds is 55. The fourth-order valence-corrected chi connectivity index (χ4v) is 12.7. The van der Waals surface area contributed by atoms with Crippen molar-refractivity contribution in [1.29, 1.82) is 0 Å². The number of guanidine groups is 3. The van der Waals surface area contributed by atoms with Gasteiger partial charge in [0.05, 0.1) is 19.1 Å². The van der Waals surface area contributed by atoms with Gasteiger partial charge in [-0.05, 0) is 157 Å². The molecule has 1 aliphatic rings. The van der Waals surface area contributed by atoms with Crippen molar-refractivity contribution in [2.45, 2.75) is 237 Å². The molecule has 1 aliphatic heterocycles. The summed E-state index contributed by atoms with van der Waals surface area (Å²) in [5.41, 5.74) is 52.6. The summed E-state index contributed by atoms with van der Waals surface area (Å²) in [5, 5.41) is 41.8. The van der Waals surface area contributed by atoms with Crippen LogP contribution < -0.4 is 115 Å². The number of unbranched alkanes of at least 4 members (excludes halogenated alkanes) is 2. The minimum absolute atomic E-state index is 0.00135. The van der Waals surface area contributed by atoms with Gasteiger partial charge in [0, 0.05) is 46.1 Å². The Morgan fingerprint density at radius 1 is 0.470 bits per heavy atom. The number of hydrogen-bond donors (Lipinski definition) is 22. The van der Waals surface area contributed by atoms with Crippen LogP contribution in [0, 0.1) is 17.8 Å². The van der Waals surface area contributed by atoms with Crippen LogP contribution in [0.5, 0.6) is 5.75 Å². The van der Waals surface area contributed by atoms with Gasteiger partial charge in [-0.2, -0.15) is 0 Å². The minimum atomic E-state index is -1.49. The average molecular weight is 1650 g/mol. The number of nitrogens with two attached hydrogens (primary N) is 9. The van der Waals surface area contributed by atoms with E-state index in [1.165, 1.54) is 24.0 Å². The summed E-state index contributed by atoms with van der Waals surface area (Å²) in [6, 6.07) is 0.342. The van der Waals surface area contributed by atoms with E-state index in [0.717, 1.165) is 0 Å². The second kappa shape index (κ2) is 53.7. The van der Waals surface area contributed by atoms with Crippen LogP contribution in [0.3, 0.4) is 0 Å². The topological polar surface area (TPSA) is 678 Å². The van der Waals surface area contributed by atoms with Gasteiger partial charge in [0.15, 0.2) is 17.9 Å². The summed E-state index contributed by atoms with van der Waals surface area (Å²) in [6.45, 7) is 11.3. The highest BCUT2D eigenvalue weighted by atomic mass is 16.3. The van der Waals surface area contributed by atoms with Crippen molar-refractivity contribution in [2.24, 2.45) is 84.3 Å². The molecule has 40 nitrogen and oxygen atoms in total. The lowest BCUT2D eigenvalue weighted by molar-refractivity contribution is -0.143. The first-order chi connectivity index (χ1) is 55.4. The summed E-state index contributed by atoms with van der Waals surface area (Å²) in [6.07, 6.45) is 2.63. The van der Waals surface area contributed by atoms with E-state index in [9.17, 15) is 62.6 Å². The number of benzene rings is 2. The third-order valence-electron chi connectivity index (χ3n) is 19.1. The molecule has 31 N–H and O–H groups in total. The molecule has 2 aromatic carbocycles. The van der Waals surface area contributed by atoms with E-state index in [1.54, 1.807) is 70.2 Å². The maximum atomic E-state index is 15.1. The van der Waals surface area contributed by atoms with Gasteiger partial charge < -0.3 is 125 Å². The van der Waals surface area contributed by atoms with Crippen LogP contribution in [0.25, 0.3) is 0 Å². The number of nitrogens with zero attached hydrogens (tertiary/aromatic N) is 4. The molecule has 40 heteroatoms. The summed E-state index contributed by atoms with van der Waals surface area (Å²) in [7, 11) is 0. The molecule has 0 bridgehead atoms. The van der Waals surface area contributed by atoms with Gasteiger partial charge in [-0.25, -0.2) is 0 Å². The van der Waals surface area contributed by atoms with Crippen LogP contribution in [0.15, 0.2) is 69.6 Å². The molecule has 12 atom stereocenters. The highest BCUT2D eigenvalue weighted by Gasteiger charge is 2.42. The van der Waals surface area contributed by atoms with Crippen molar-refractivity contribution in [3.63, 3.8) is 0 Å². The Kier molecular flexibility index (Phi) is 45.7. The Morgan fingerprint density at radius 3 is 1.42 bits per heavy atom. The first-order valence-corrected chi connectivity index (χ1v) is 40.0. The molecule has 0 aliphatic carbocycles. The highest BCUT2D eigenvalue weighted by Crippen LogP contribution is 2.23. The van der Waals surface area contributed by atoms with Gasteiger partial charge in [0.1, 0.15) is 66.2 Å². The number of amides is 14. The Bertz CT molecular complexity index is 3650. The van der Waals surface area contributed by atoms with E-state index >= 15 is 9.59 Å². The number of phenolic OH excluding ortho intramolecular Hbond substituents is 1. The second-order valence-corrected chi connectivity index (χ2v) is 30.0. The van der Waals surface area contributed by atoms with Gasteiger partial charge >= 0.3 is 0 Å². The smallest absolute Gasteiger partial charge is 0.245 e. The number of aliphatic imine (C=N–C) groups is 3. The van der Waals surface area contributed by atoms with Crippen LogP contribution in [0.1, 0.15) is 169 Å². The number of nitrogens with one attached hydrogen (secondary N) is 12.